The van der Waals surface area contributed by atoms with Crippen molar-refractivity contribution < 1.29 is 8.78 Å². The van der Waals surface area contributed by atoms with E-state index < -0.39 is 11.6 Å². The monoisotopic (exact) mass is 293 g/mol. The highest BCUT2D eigenvalue weighted by molar-refractivity contribution is 5.23. The Morgan fingerprint density at radius 3 is 2.52 bits per heavy atom. The first kappa shape index (κ1) is 15.0. The van der Waals surface area contributed by atoms with Crippen molar-refractivity contribution in [2.75, 3.05) is 0 Å². The molecule has 4 atom stereocenters. The second-order valence-electron chi connectivity index (χ2n) is 7.69. The van der Waals surface area contributed by atoms with Gasteiger partial charge in [0.25, 0.3) is 0 Å². The fourth-order valence-corrected chi connectivity index (χ4v) is 4.70. The van der Waals surface area contributed by atoms with E-state index in [-0.39, 0.29) is 11.5 Å². The van der Waals surface area contributed by atoms with Crippen LogP contribution in [-0.2, 0) is 0 Å². The lowest BCUT2D eigenvalue weighted by Crippen LogP contribution is -2.45. The van der Waals surface area contributed by atoms with Crippen LogP contribution in [0.4, 0.5) is 8.78 Å². The number of benzene rings is 1. The fourth-order valence-electron chi connectivity index (χ4n) is 4.70. The average molecular weight is 293 g/mol. The van der Waals surface area contributed by atoms with E-state index >= 15 is 0 Å². The van der Waals surface area contributed by atoms with Gasteiger partial charge < -0.3 is 5.32 Å². The van der Waals surface area contributed by atoms with Gasteiger partial charge in [-0.1, -0.05) is 32.9 Å². The molecular formula is C18H25F2N. The molecule has 0 radical (unpaired) electrons. The molecule has 3 rings (SSSR count). The maximum absolute atomic E-state index is 13.9. The van der Waals surface area contributed by atoms with Crippen molar-refractivity contribution in [3.63, 3.8) is 0 Å². The van der Waals surface area contributed by atoms with Gasteiger partial charge in [-0.25, -0.2) is 8.78 Å². The molecule has 2 saturated carbocycles. The molecule has 0 heterocycles. The number of hydrogen-bond donors (Lipinski definition) is 1. The van der Waals surface area contributed by atoms with Crippen molar-refractivity contribution in [3.05, 3.63) is 35.4 Å². The Morgan fingerprint density at radius 1 is 1.24 bits per heavy atom. The third-order valence-corrected chi connectivity index (χ3v) is 6.69. The lowest BCUT2D eigenvalue weighted by atomic mass is 9.69. The molecule has 4 unspecified atom stereocenters. The number of fused-ring (bicyclic) bond motifs is 2. The van der Waals surface area contributed by atoms with Crippen molar-refractivity contribution in [2.45, 2.75) is 59.0 Å². The first-order valence-electron chi connectivity index (χ1n) is 7.97. The van der Waals surface area contributed by atoms with E-state index in [1.54, 1.807) is 12.1 Å². The predicted molar refractivity (Wildman–Crippen MR) is 80.9 cm³/mol. The number of hydrogen-bond acceptors (Lipinski definition) is 1. The molecule has 116 valence electrons. The highest BCUT2D eigenvalue weighted by Gasteiger charge is 2.61. The molecule has 1 aromatic rings. The first-order chi connectivity index (χ1) is 9.77. The van der Waals surface area contributed by atoms with Gasteiger partial charge in [-0.2, -0.15) is 0 Å². The molecule has 2 fully saturated rings. The lowest BCUT2D eigenvalue weighted by molar-refractivity contribution is 0.116. The van der Waals surface area contributed by atoms with Crippen LogP contribution >= 0.6 is 0 Å². The zero-order valence-electron chi connectivity index (χ0n) is 13.3. The molecule has 1 aromatic carbocycles. The summed E-state index contributed by atoms with van der Waals surface area (Å²) in [6, 6.07) is 4.64. The summed E-state index contributed by atoms with van der Waals surface area (Å²) in [6.07, 6.45) is 3.66. The molecule has 0 saturated heterocycles. The van der Waals surface area contributed by atoms with Gasteiger partial charge in [-0.15, -0.1) is 0 Å². The van der Waals surface area contributed by atoms with Crippen LogP contribution in [-0.4, -0.2) is 6.04 Å². The maximum Gasteiger partial charge on any atom is 0.163 e. The van der Waals surface area contributed by atoms with Gasteiger partial charge in [0.05, 0.1) is 0 Å². The summed E-state index contributed by atoms with van der Waals surface area (Å²) in [7, 11) is 0. The van der Waals surface area contributed by atoms with E-state index in [4.69, 9.17) is 0 Å². The summed E-state index contributed by atoms with van der Waals surface area (Å²) in [5.41, 5.74) is 1.000. The summed E-state index contributed by atoms with van der Waals surface area (Å²) in [5, 5.41) is 3.58. The second kappa shape index (κ2) is 4.77. The molecule has 2 aliphatic rings. The first-order valence-corrected chi connectivity index (χ1v) is 7.97. The van der Waals surface area contributed by atoms with Crippen molar-refractivity contribution in [1.82, 2.24) is 5.32 Å². The third-order valence-electron chi connectivity index (χ3n) is 6.69. The Morgan fingerprint density at radius 2 is 1.95 bits per heavy atom. The SMILES string of the molecule is CC(NC1CC2CCC1(C)C2(C)C)c1cccc(F)c1F. The molecule has 2 bridgehead atoms. The van der Waals surface area contributed by atoms with Crippen molar-refractivity contribution >= 4 is 0 Å². The van der Waals surface area contributed by atoms with E-state index in [1.807, 2.05) is 6.92 Å². The average Bonchev–Trinajstić information content (AvgIpc) is 2.75. The smallest absolute Gasteiger partial charge is 0.163 e. The van der Waals surface area contributed by atoms with Crippen LogP contribution in [0.3, 0.4) is 0 Å². The molecule has 0 aromatic heterocycles. The van der Waals surface area contributed by atoms with E-state index in [0.29, 0.717) is 17.0 Å². The minimum atomic E-state index is -0.763. The van der Waals surface area contributed by atoms with Gasteiger partial charge in [0.15, 0.2) is 11.6 Å². The summed E-state index contributed by atoms with van der Waals surface area (Å²) < 4.78 is 27.3. The Balaban J connectivity index is 1.81. The zero-order chi connectivity index (χ0) is 15.4. The van der Waals surface area contributed by atoms with E-state index in [9.17, 15) is 8.78 Å². The molecule has 3 heteroatoms. The summed E-state index contributed by atoms with van der Waals surface area (Å²) >= 11 is 0. The zero-order valence-corrected chi connectivity index (χ0v) is 13.3. The minimum Gasteiger partial charge on any atom is -0.307 e. The molecule has 2 aliphatic carbocycles. The van der Waals surface area contributed by atoms with E-state index in [0.717, 1.165) is 12.3 Å². The predicted octanol–water partition coefficient (Wildman–Crippen LogP) is 4.83. The maximum atomic E-state index is 13.9. The molecule has 0 amide bonds. The summed E-state index contributed by atoms with van der Waals surface area (Å²) in [5.74, 6) is -0.740. The van der Waals surface area contributed by atoms with Gasteiger partial charge in [0.2, 0.25) is 0 Å². The topological polar surface area (TPSA) is 12.0 Å². The molecule has 1 nitrogen and oxygen atoms in total. The van der Waals surface area contributed by atoms with E-state index in [2.05, 4.69) is 26.1 Å². The highest BCUT2D eigenvalue weighted by Crippen LogP contribution is 2.65. The molecule has 0 aliphatic heterocycles. The van der Waals surface area contributed by atoms with E-state index in [1.165, 1.54) is 18.9 Å². The van der Waals surface area contributed by atoms with Crippen LogP contribution in [0.2, 0.25) is 0 Å². The quantitative estimate of drug-likeness (QED) is 0.841. The van der Waals surface area contributed by atoms with Gasteiger partial charge in [-0.05, 0) is 49.0 Å². The van der Waals surface area contributed by atoms with Crippen LogP contribution in [0.5, 0.6) is 0 Å². The molecule has 0 spiro atoms. The Labute approximate surface area is 126 Å². The van der Waals surface area contributed by atoms with Gasteiger partial charge >= 0.3 is 0 Å². The van der Waals surface area contributed by atoms with Gasteiger partial charge in [0.1, 0.15) is 0 Å². The number of nitrogens with one attached hydrogen (secondary N) is 1. The van der Waals surface area contributed by atoms with Gasteiger partial charge in [-0.3, -0.25) is 0 Å². The number of halogens is 2. The standard InChI is InChI=1S/C18H25F2N/c1-11(13-6-5-7-14(19)16(13)20)21-15-10-12-8-9-18(15,4)17(12,2)3/h5-7,11-12,15,21H,8-10H2,1-4H3. The highest BCUT2D eigenvalue weighted by atomic mass is 19.2. The van der Waals surface area contributed by atoms with Crippen LogP contribution in [0.25, 0.3) is 0 Å². The third kappa shape index (κ3) is 2.04. The Hall–Kier alpha value is -0.960. The van der Waals surface area contributed by atoms with Crippen molar-refractivity contribution in [1.29, 1.82) is 0 Å². The van der Waals surface area contributed by atoms with Crippen LogP contribution in [0.15, 0.2) is 18.2 Å². The molecule has 21 heavy (non-hydrogen) atoms. The van der Waals surface area contributed by atoms with Crippen molar-refractivity contribution in [2.24, 2.45) is 16.7 Å². The summed E-state index contributed by atoms with van der Waals surface area (Å²) in [4.78, 5) is 0. The minimum absolute atomic E-state index is 0.169. The lowest BCUT2D eigenvalue weighted by Gasteiger charge is -2.40. The molecular weight excluding hydrogens is 268 g/mol. The Bertz CT molecular complexity index is 554. The van der Waals surface area contributed by atoms with Crippen molar-refractivity contribution in [3.8, 4) is 0 Å². The normalized spacial score (nSPS) is 35.1. The fraction of sp³-hybridized carbons (Fsp3) is 0.667. The Kier molecular flexibility index (Phi) is 3.40. The second-order valence-corrected chi connectivity index (χ2v) is 7.69. The number of rotatable bonds is 3. The van der Waals surface area contributed by atoms with Crippen LogP contribution in [0, 0.1) is 28.4 Å². The van der Waals surface area contributed by atoms with Crippen LogP contribution < -0.4 is 5.32 Å². The molecule has 1 N–H and O–H groups in total. The van der Waals surface area contributed by atoms with Gasteiger partial charge in [0, 0.05) is 17.6 Å². The van der Waals surface area contributed by atoms with Crippen LogP contribution in [0.1, 0.15) is 58.6 Å². The largest absolute Gasteiger partial charge is 0.307 e. The summed E-state index contributed by atoms with van der Waals surface area (Å²) in [6.45, 7) is 9.01.